The SMILES string of the molecule is CCOC(=O)C1=C(c2ccccc2)NC(=O)N[C@H]1c1ccc(CC)cc1. The van der Waals surface area contributed by atoms with Gasteiger partial charge in [0.25, 0.3) is 0 Å². The van der Waals surface area contributed by atoms with Gasteiger partial charge in [-0.1, -0.05) is 61.5 Å². The Hall–Kier alpha value is -3.08. The van der Waals surface area contributed by atoms with Crippen molar-refractivity contribution in [3.05, 3.63) is 76.9 Å². The van der Waals surface area contributed by atoms with Crippen molar-refractivity contribution < 1.29 is 14.3 Å². The average Bonchev–Trinajstić information content (AvgIpc) is 2.68. The largest absolute Gasteiger partial charge is 0.463 e. The zero-order valence-electron chi connectivity index (χ0n) is 14.9. The first-order valence-corrected chi connectivity index (χ1v) is 8.77. The van der Waals surface area contributed by atoms with Gasteiger partial charge in [-0.25, -0.2) is 9.59 Å². The lowest BCUT2D eigenvalue weighted by Crippen LogP contribution is -2.45. The highest BCUT2D eigenvalue weighted by Gasteiger charge is 2.34. The summed E-state index contributed by atoms with van der Waals surface area (Å²) in [6.07, 6.45) is 0.925. The molecule has 1 heterocycles. The Kier molecular flexibility index (Phi) is 5.37. The Morgan fingerprint density at radius 1 is 1.04 bits per heavy atom. The predicted molar refractivity (Wildman–Crippen MR) is 100 cm³/mol. The Morgan fingerprint density at radius 2 is 1.73 bits per heavy atom. The van der Waals surface area contributed by atoms with Crippen LogP contribution in [0, 0.1) is 0 Å². The van der Waals surface area contributed by atoms with Gasteiger partial charge in [0.2, 0.25) is 0 Å². The van der Waals surface area contributed by atoms with Gasteiger partial charge in [-0.05, 0) is 30.0 Å². The van der Waals surface area contributed by atoms with E-state index in [4.69, 9.17) is 4.74 Å². The summed E-state index contributed by atoms with van der Waals surface area (Å²) in [7, 11) is 0. The maximum Gasteiger partial charge on any atom is 0.338 e. The molecule has 0 aliphatic carbocycles. The van der Waals surface area contributed by atoms with Crippen LogP contribution in [0.4, 0.5) is 4.79 Å². The number of hydrogen-bond donors (Lipinski definition) is 2. The molecule has 1 atom stereocenters. The summed E-state index contributed by atoms with van der Waals surface area (Å²) >= 11 is 0. The molecular weight excluding hydrogens is 328 g/mol. The standard InChI is InChI=1S/C21H22N2O3/c1-3-14-10-12-16(13-11-14)19-17(20(24)26-4-2)18(22-21(25)23-19)15-8-6-5-7-9-15/h5-13,19H,3-4H2,1-2H3,(H2,22,23,25)/t19-/m0/s1. The number of nitrogens with one attached hydrogen (secondary N) is 2. The summed E-state index contributed by atoms with van der Waals surface area (Å²) in [5.74, 6) is -0.441. The molecular formula is C21H22N2O3. The Morgan fingerprint density at radius 3 is 2.35 bits per heavy atom. The number of esters is 1. The highest BCUT2D eigenvalue weighted by atomic mass is 16.5. The number of ether oxygens (including phenoxy) is 1. The zero-order chi connectivity index (χ0) is 18.5. The number of rotatable bonds is 5. The van der Waals surface area contributed by atoms with E-state index >= 15 is 0 Å². The van der Waals surface area contributed by atoms with E-state index in [1.807, 2.05) is 54.6 Å². The fourth-order valence-electron chi connectivity index (χ4n) is 3.02. The minimum absolute atomic E-state index is 0.264. The van der Waals surface area contributed by atoms with Crippen molar-refractivity contribution in [3.63, 3.8) is 0 Å². The van der Waals surface area contributed by atoms with Gasteiger partial charge in [0.15, 0.2) is 0 Å². The van der Waals surface area contributed by atoms with E-state index in [1.54, 1.807) is 6.92 Å². The van der Waals surface area contributed by atoms with Crippen molar-refractivity contribution >= 4 is 17.7 Å². The van der Waals surface area contributed by atoms with Gasteiger partial charge in [-0.3, -0.25) is 0 Å². The van der Waals surface area contributed by atoms with Gasteiger partial charge < -0.3 is 15.4 Å². The van der Waals surface area contributed by atoms with Crippen LogP contribution in [-0.4, -0.2) is 18.6 Å². The molecule has 26 heavy (non-hydrogen) atoms. The van der Waals surface area contributed by atoms with E-state index in [1.165, 1.54) is 5.56 Å². The second kappa shape index (κ2) is 7.87. The van der Waals surface area contributed by atoms with Gasteiger partial charge in [0.1, 0.15) is 0 Å². The van der Waals surface area contributed by atoms with E-state index in [9.17, 15) is 9.59 Å². The summed E-state index contributed by atoms with van der Waals surface area (Å²) in [5, 5.41) is 5.62. The molecule has 0 radical (unpaired) electrons. The van der Waals surface area contributed by atoms with Crippen molar-refractivity contribution in [2.45, 2.75) is 26.3 Å². The summed E-state index contributed by atoms with van der Waals surface area (Å²) in [6.45, 7) is 4.11. The third-order valence-electron chi connectivity index (χ3n) is 4.35. The third-order valence-corrected chi connectivity index (χ3v) is 4.35. The number of carbonyl (C=O) groups excluding carboxylic acids is 2. The molecule has 0 fully saturated rings. The number of amides is 2. The highest BCUT2D eigenvalue weighted by molar-refractivity contribution is 6.04. The summed E-state index contributed by atoms with van der Waals surface area (Å²) in [6, 6.07) is 16.3. The molecule has 0 aromatic heterocycles. The fourth-order valence-corrected chi connectivity index (χ4v) is 3.02. The van der Waals surface area contributed by atoms with Crippen LogP contribution < -0.4 is 10.6 Å². The van der Waals surface area contributed by atoms with Gasteiger partial charge in [0.05, 0.1) is 23.9 Å². The number of aryl methyl sites for hydroxylation is 1. The van der Waals surface area contributed by atoms with Gasteiger partial charge >= 0.3 is 12.0 Å². The molecule has 2 aromatic rings. The van der Waals surface area contributed by atoms with Crippen LogP contribution in [0.1, 0.15) is 36.6 Å². The lowest BCUT2D eigenvalue weighted by molar-refractivity contribution is -0.138. The van der Waals surface area contributed by atoms with Crippen LogP contribution in [-0.2, 0) is 16.0 Å². The Bertz CT molecular complexity index is 826. The van der Waals surface area contributed by atoms with E-state index < -0.39 is 12.0 Å². The smallest absolute Gasteiger partial charge is 0.338 e. The van der Waals surface area contributed by atoms with Crippen LogP contribution >= 0.6 is 0 Å². The normalized spacial score (nSPS) is 16.7. The average molecular weight is 350 g/mol. The molecule has 134 valence electrons. The molecule has 0 saturated carbocycles. The van der Waals surface area contributed by atoms with Gasteiger partial charge in [0, 0.05) is 0 Å². The molecule has 2 N–H and O–H groups in total. The predicted octanol–water partition coefficient (Wildman–Crippen LogP) is 3.58. The minimum Gasteiger partial charge on any atom is -0.463 e. The summed E-state index contributed by atoms with van der Waals surface area (Å²) in [4.78, 5) is 25.0. The molecule has 3 rings (SSSR count). The first-order valence-electron chi connectivity index (χ1n) is 8.77. The molecule has 1 aliphatic rings. The maximum absolute atomic E-state index is 12.7. The van der Waals surface area contributed by atoms with Crippen molar-refractivity contribution in [3.8, 4) is 0 Å². The van der Waals surface area contributed by atoms with Crippen molar-refractivity contribution in [1.29, 1.82) is 0 Å². The van der Waals surface area contributed by atoms with Crippen LogP contribution in [0.5, 0.6) is 0 Å². The molecule has 5 nitrogen and oxygen atoms in total. The van der Waals surface area contributed by atoms with Crippen molar-refractivity contribution in [2.24, 2.45) is 0 Å². The number of urea groups is 1. The molecule has 5 heteroatoms. The first-order chi connectivity index (χ1) is 12.6. The highest BCUT2D eigenvalue weighted by Crippen LogP contribution is 2.32. The van der Waals surface area contributed by atoms with Crippen LogP contribution in [0.3, 0.4) is 0 Å². The number of hydrogen-bond acceptors (Lipinski definition) is 3. The molecule has 2 amide bonds. The summed E-state index contributed by atoms with van der Waals surface area (Å²) in [5.41, 5.74) is 3.69. The second-order valence-electron chi connectivity index (χ2n) is 6.00. The molecule has 1 aliphatic heterocycles. The third kappa shape index (κ3) is 3.61. The maximum atomic E-state index is 12.7. The fraction of sp³-hybridized carbons (Fsp3) is 0.238. The number of benzene rings is 2. The first kappa shape index (κ1) is 17.7. The quantitative estimate of drug-likeness (QED) is 0.810. The molecule has 0 bridgehead atoms. The molecule has 0 spiro atoms. The lowest BCUT2D eigenvalue weighted by Gasteiger charge is -2.29. The van der Waals surface area contributed by atoms with E-state index in [2.05, 4.69) is 17.6 Å². The molecule has 0 unspecified atom stereocenters. The number of carbonyl (C=O) groups is 2. The molecule has 2 aromatic carbocycles. The van der Waals surface area contributed by atoms with Gasteiger partial charge in [-0.15, -0.1) is 0 Å². The van der Waals surface area contributed by atoms with E-state index in [-0.39, 0.29) is 12.6 Å². The van der Waals surface area contributed by atoms with Crippen LogP contribution in [0.25, 0.3) is 5.70 Å². The van der Waals surface area contributed by atoms with Crippen LogP contribution in [0.15, 0.2) is 60.2 Å². The van der Waals surface area contributed by atoms with Crippen molar-refractivity contribution in [1.82, 2.24) is 10.6 Å². The molecule has 0 saturated heterocycles. The second-order valence-corrected chi connectivity index (χ2v) is 6.00. The van der Waals surface area contributed by atoms with Crippen LogP contribution in [0.2, 0.25) is 0 Å². The Balaban J connectivity index is 2.13. The lowest BCUT2D eigenvalue weighted by atomic mass is 9.92. The minimum atomic E-state index is -0.566. The zero-order valence-corrected chi connectivity index (χ0v) is 14.9. The topological polar surface area (TPSA) is 67.4 Å². The van der Waals surface area contributed by atoms with E-state index in [0.29, 0.717) is 11.3 Å². The van der Waals surface area contributed by atoms with Crippen molar-refractivity contribution in [2.75, 3.05) is 6.61 Å². The monoisotopic (exact) mass is 350 g/mol. The Labute approximate surface area is 153 Å². The van der Waals surface area contributed by atoms with E-state index in [0.717, 1.165) is 17.5 Å². The summed E-state index contributed by atoms with van der Waals surface area (Å²) < 4.78 is 5.28. The van der Waals surface area contributed by atoms with Gasteiger partial charge in [-0.2, -0.15) is 0 Å².